The third-order valence-corrected chi connectivity index (χ3v) is 2.33. The fourth-order valence-electron chi connectivity index (χ4n) is 1.44. The van der Waals surface area contributed by atoms with Gasteiger partial charge in [-0.05, 0) is 36.8 Å². The molecule has 0 fully saturated rings. The zero-order valence-corrected chi connectivity index (χ0v) is 8.63. The van der Waals surface area contributed by atoms with Crippen LogP contribution in [0.4, 0.5) is 8.78 Å². The van der Waals surface area contributed by atoms with Crippen LogP contribution >= 0.6 is 0 Å². The fourth-order valence-corrected chi connectivity index (χ4v) is 1.44. The average molecular weight is 224 g/mol. The molecule has 1 heterocycles. The minimum Gasteiger partial charge on any atom is -0.459 e. The van der Waals surface area contributed by atoms with E-state index >= 15 is 0 Å². The van der Waals surface area contributed by atoms with Crippen molar-refractivity contribution in [2.24, 2.45) is 0 Å². The van der Waals surface area contributed by atoms with Gasteiger partial charge in [-0.2, -0.15) is 0 Å². The van der Waals surface area contributed by atoms with Crippen molar-refractivity contribution in [2.75, 3.05) is 0 Å². The number of furan rings is 1. The Labute approximate surface area is 91.1 Å². The molecule has 2 nitrogen and oxygen atoms in total. The van der Waals surface area contributed by atoms with Crippen LogP contribution < -0.4 is 0 Å². The Bertz CT molecular complexity index is 518. The molecule has 1 aromatic carbocycles. The molecule has 4 heteroatoms. The van der Waals surface area contributed by atoms with Crippen LogP contribution in [0.15, 0.2) is 28.7 Å². The van der Waals surface area contributed by atoms with E-state index in [4.69, 9.17) is 9.52 Å². The lowest BCUT2D eigenvalue weighted by Gasteiger charge is -2.02. The summed E-state index contributed by atoms with van der Waals surface area (Å²) >= 11 is 0. The second-order valence-electron chi connectivity index (χ2n) is 3.51. The highest BCUT2D eigenvalue weighted by Crippen LogP contribution is 2.27. The van der Waals surface area contributed by atoms with Gasteiger partial charge in [0.25, 0.3) is 0 Å². The molecule has 1 aromatic heterocycles. The molecule has 0 atom stereocenters. The number of aryl methyl sites for hydroxylation is 1. The molecule has 0 aliphatic carbocycles. The summed E-state index contributed by atoms with van der Waals surface area (Å²) < 4.78 is 32.0. The van der Waals surface area contributed by atoms with Gasteiger partial charge in [0.2, 0.25) is 0 Å². The normalized spacial score (nSPS) is 10.8. The van der Waals surface area contributed by atoms with Crippen LogP contribution in [0.25, 0.3) is 11.3 Å². The Hall–Kier alpha value is -1.68. The molecule has 84 valence electrons. The van der Waals surface area contributed by atoms with Crippen molar-refractivity contribution in [3.05, 3.63) is 47.2 Å². The quantitative estimate of drug-likeness (QED) is 0.850. The van der Waals surface area contributed by atoms with Crippen molar-refractivity contribution in [2.45, 2.75) is 13.5 Å². The molecule has 0 aliphatic heterocycles. The van der Waals surface area contributed by atoms with E-state index in [1.807, 2.05) is 0 Å². The standard InChI is InChI=1S/C12H10F2O2/c1-7-4-11(14)9(5-10(7)13)12-3-2-8(6-15)16-12/h2-5,15H,6H2,1H3. The minimum atomic E-state index is -0.544. The van der Waals surface area contributed by atoms with E-state index in [1.165, 1.54) is 19.1 Å². The van der Waals surface area contributed by atoms with Crippen molar-refractivity contribution in [1.29, 1.82) is 0 Å². The van der Waals surface area contributed by atoms with Gasteiger partial charge in [0, 0.05) is 0 Å². The van der Waals surface area contributed by atoms with Gasteiger partial charge in [0.05, 0.1) is 5.56 Å². The first kappa shape index (κ1) is 10.8. The number of benzene rings is 1. The highest BCUT2D eigenvalue weighted by Gasteiger charge is 2.12. The van der Waals surface area contributed by atoms with E-state index in [1.54, 1.807) is 0 Å². The second-order valence-corrected chi connectivity index (χ2v) is 3.51. The summed E-state index contributed by atoms with van der Waals surface area (Å²) in [6.07, 6.45) is 0. The van der Waals surface area contributed by atoms with E-state index in [2.05, 4.69) is 0 Å². The van der Waals surface area contributed by atoms with Crippen molar-refractivity contribution >= 4 is 0 Å². The second kappa shape index (κ2) is 4.06. The Morgan fingerprint density at radius 3 is 2.56 bits per heavy atom. The maximum Gasteiger partial charge on any atom is 0.137 e. The van der Waals surface area contributed by atoms with Gasteiger partial charge >= 0.3 is 0 Å². The summed E-state index contributed by atoms with van der Waals surface area (Å²) in [6.45, 7) is 1.22. The van der Waals surface area contributed by atoms with Gasteiger partial charge in [-0.25, -0.2) is 8.78 Å². The lowest BCUT2D eigenvalue weighted by atomic mass is 10.1. The largest absolute Gasteiger partial charge is 0.459 e. The molecule has 1 N–H and O–H groups in total. The summed E-state index contributed by atoms with van der Waals surface area (Å²) in [4.78, 5) is 0. The summed E-state index contributed by atoms with van der Waals surface area (Å²) in [7, 11) is 0. The van der Waals surface area contributed by atoms with E-state index in [9.17, 15) is 8.78 Å². The monoisotopic (exact) mass is 224 g/mol. The Balaban J connectivity index is 2.51. The molecule has 16 heavy (non-hydrogen) atoms. The first-order valence-corrected chi connectivity index (χ1v) is 4.77. The molecule has 0 saturated heterocycles. The van der Waals surface area contributed by atoms with Gasteiger partial charge in [0.15, 0.2) is 0 Å². The minimum absolute atomic E-state index is 0.0581. The van der Waals surface area contributed by atoms with Gasteiger partial charge in [0.1, 0.15) is 29.8 Å². The van der Waals surface area contributed by atoms with Crippen LogP contribution in [-0.2, 0) is 6.61 Å². The zero-order chi connectivity index (χ0) is 11.7. The number of aliphatic hydroxyl groups is 1. The smallest absolute Gasteiger partial charge is 0.137 e. The third kappa shape index (κ3) is 1.84. The van der Waals surface area contributed by atoms with Crippen molar-refractivity contribution < 1.29 is 18.3 Å². The van der Waals surface area contributed by atoms with Crippen LogP contribution in [0.3, 0.4) is 0 Å². The number of rotatable bonds is 2. The van der Waals surface area contributed by atoms with Crippen LogP contribution in [-0.4, -0.2) is 5.11 Å². The Morgan fingerprint density at radius 1 is 1.19 bits per heavy atom. The van der Waals surface area contributed by atoms with Crippen LogP contribution in [0.1, 0.15) is 11.3 Å². The first-order chi connectivity index (χ1) is 7.61. The summed E-state index contributed by atoms with van der Waals surface area (Å²) in [5, 5.41) is 8.80. The molecular formula is C12H10F2O2. The van der Waals surface area contributed by atoms with Crippen LogP contribution in [0, 0.1) is 18.6 Å². The number of aliphatic hydroxyl groups excluding tert-OH is 1. The number of hydrogen-bond acceptors (Lipinski definition) is 2. The average Bonchev–Trinajstić information content (AvgIpc) is 2.71. The zero-order valence-electron chi connectivity index (χ0n) is 8.63. The SMILES string of the molecule is Cc1cc(F)c(-c2ccc(CO)o2)cc1F. The van der Waals surface area contributed by atoms with Crippen molar-refractivity contribution in [3.63, 3.8) is 0 Å². The predicted octanol–water partition coefficient (Wildman–Crippen LogP) is 3.03. The fraction of sp³-hybridized carbons (Fsp3) is 0.167. The van der Waals surface area contributed by atoms with Crippen molar-refractivity contribution in [1.82, 2.24) is 0 Å². The van der Waals surface area contributed by atoms with Crippen molar-refractivity contribution in [3.8, 4) is 11.3 Å². The molecule has 0 aliphatic rings. The molecule has 0 bridgehead atoms. The summed E-state index contributed by atoms with van der Waals surface area (Å²) in [5.41, 5.74) is 0.304. The maximum absolute atomic E-state index is 13.5. The van der Waals surface area contributed by atoms with E-state index < -0.39 is 11.6 Å². The molecule has 0 spiro atoms. The maximum atomic E-state index is 13.5. The van der Waals surface area contributed by atoms with E-state index in [-0.39, 0.29) is 23.5 Å². The molecule has 0 unspecified atom stereocenters. The Kier molecular flexibility index (Phi) is 2.75. The predicted molar refractivity (Wildman–Crippen MR) is 54.7 cm³/mol. The highest BCUT2D eigenvalue weighted by atomic mass is 19.1. The van der Waals surface area contributed by atoms with Crippen LogP contribution in [0.2, 0.25) is 0 Å². The summed E-state index contributed by atoms with van der Waals surface area (Å²) in [5.74, 6) is -0.507. The van der Waals surface area contributed by atoms with E-state index in [0.29, 0.717) is 5.76 Å². The molecular weight excluding hydrogens is 214 g/mol. The van der Waals surface area contributed by atoms with Gasteiger partial charge in [-0.3, -0.25) is 0 Å². The van der Waals surface area contributed by atoms with Gasteiger partial charge < -0.3 is 9.52 Å². The number of hydrogen-bond donors (Lipinski definition) is 1. The number of halogens is 2. The molecule has 0 saturated carbocycles. The lowest BCUT2D eigenvalue weighted by Crippen LogP contribution is -1.89. The summed E-state index contributed by atoms with van der Waals surface area (Å²) in [6, 6.07) is 5.22. The van der Waals surface area contributed by atoms with Gasteiger partial charge in [-0.15, -0.1) is 0 Å². The Morgan fingerprint density at radius 2 is 1.94 bits per heavy atom. The molecule has 0 amide bonds. The van der Waals surface area contributed by atoms with Gasteiger partial charge in [-0.1, -0.05) is 0 Å². The lowest BCUT2D eigenvalue weighted by molar-refractivity contribution is 0.248. The topological polar surface area (TPSA) is 33.4 Å². The molecule has 0 radical (unpaired) electrons. The highest BCUT2D eigenvalue weighted by molar-refractivity contribution is 5.59. The molecule has 2 aromatic rings. The third-order valence-electron chi connectivity index (χ3n) is 2.33. The van der Waals surface area contributed by atoms with Crippen LogP contribution in [0.5, 0.6) is 0 Å². The first-order valence-electron chi connectivity index (χ1n) is 4.77. The molecule has 2 rings (SSSR count). The van der Waals surface area contributed by atoms with E-state index in [0.717, 1.165) is 12.1 Å².